The molecule has 2 aromatic heterocycles. The number of methoxy groups -OCH3 is 1. The molecule has 2 heterocycles. The fourth-order valence-electron chi connectivity index (χ4n) is 1.60. The maximum atomic E-state index is 12.0. The van der Waals surface area contributed by atoms with Crippen molar-refractivity contribution in [1.29, 1.82) is 0 Å². The molecule has 21 heavy (non-hydrogen) atoms. The van der Waals surface area contributed by atoms with Gasteiger partial charge in [-0.3, -0.25) is 4.79 Å². The highest BCUT2D eigenvalue weighted by molar-refractivity contribution is 7.91. The van der Waals surface area contributed by atoms with Crippen molar-refractivity contribution in [2.45, 2.75) is 4.21 Å². The van der Waals surface area contributed by atoms with Gasteiger partial charge in [-0.15, -0.1) is 11.3 Å². The Morgan fingerprint density at radius 2 is 2.19 bits per heavy atom. The Morgan fingerprint density at radius 1 is 1.43 bits per heavy atom. The average Bonchev–Trinajstić information content (AvgIpc) is 2.92. The van der Waals surface area contributed by atoms with Crippen LogP contribution in [0.4, 0.5) is 0 Å². The fourth-order valence-corrected chi connectivity index (χ4v) is 3.83. The van der Waals surface area contributed by atoms with Gasteiger partial charge in [0, 0.05) is 37.7 Å². The molecule has 0 radical (unpaired) electrons. The number of aryl methyl sites for hydroxylation is 1. The zero-order valence-electron chi connectivity index (χ0n) is 11.6. The van der Waals surface area contributed by atoms with Gasteiger partial charge in [-0.25, -0.2) is 17.8 Å². The minimum Gasteiger partial charge on any atom is -0.383 e. The molecule has 7 nitrogen and oxygen atoms in total. The van der Waals surface area contributed by atoms with E-state index >= 15 is 0 Å². The zero-order chi connectivity index (χ0) is 15.5. The summed E-state index contributed by atoms with van der Waals surface area (Å²) in [4.78, 5) is 11.3. The lowest BCUT2D eigenvalue weighted by molar-refractivity contribution is 0.204. The SMILES string of the molecule is COCCNS(=O)(=O)c1cc(-c2ccc(=O)n(C)n2)cs1. The van der Waals surface area contributed by atoms with Gasteiger partial charge in [-0.05, 0) is 12.1 Å². The standard InChI is InChI=1S/C12H15N3O4S2/c1-15-11(16)4-3-10(14-15)9-7-12(20-8-9)21(17,18)13-5-6-19-2/h3-4,7-8,13H,5-6H2,1-2H3. The van der Waals surface area contributed by atoms with E-state index in [4.69, 9.17) is 4.74 Å². The Balaban J connectivity index is 2.25. The molecule has 0 aliphatic carbocycles. The fraction of sp³-hybridized carbons (Fsp3) is 0.333. The van der Waals surface area contributed by atoms with Crippen LogP contribution in [0.15, 0.2) is 32.6 Å². The summed E-state index contributed by atoms with van der Waals surface area (Å²) in [5, 5.41) is 5.78. The summed E-state index contributed by atoms with van der Waals surface area (Å²) in [6, 6.07) is 4.50. The van der Waals surface area contributed by atoms with Crippen molar-refractivity contribution < 1.29 is 13.2 Å². The number of aromatic nitrogens is 2. The molecule has 0 aliphatic rings. The van der Waals surface area contributed by atoms with Crippen LogP contribution in [0.5, 0.6) is 0 Å². The van der Waals surface area contributed by atoms with E-state index in [1.54, 1.807) is 18.5 Å². The lowest BCUT2D eigenvalue weighted by atomic mass is 10.2. The first kappa shape index (κ1) is 15.8. The van der Waals surface area contributed by atoms with E-state index < -0.39 is 10.0 Å². The summed E-state index contributed by atoms with van der Waals surface area (Å²) in [5.41, 5.74) is 0.984. The summed E-state index contributed by atoms with van der Waals surface area (Å²) in [5.74, 6) is 0. The van der Waals surface area contributed by atoms with Crippen LogP contribution in [0.25, 0.3) is 11.3 Å². The highest BCUT2D eigenvalue weighted by atomic mass is 32.2. The van der Waals surface area contributed by atoms with Crippen molar-refractivity contribution in [3.8, 4) is 11.3 Å². The molecule has 0 fully saturated rings. The van der Waals surface area contributed by atoms with Crippen LogP contribution in [0.3, 0.4) is 0 Å². The molecule has 9 heteroatoms. The van der Waals surface area contributed by atoms with Gasteiger partial charge >= 0.3 is 0 Å². The third kappa shape index (κ3) is 3.76. The number of ether oxygens (including phenoxy) is 1. The van der Waals surface area contributed by atoms with Gasteiger partial charge in [0.1, 0.15) is 4.21 Å². The Labute approximate surface area is 126 Å². The van der Waals surface area contributed by atoms with Crippen molar-refractivity contribution in [2.24, 2.45) is 7.05 Å². The molecule has 1 N–H and O–H groups in total. The quantitative estimate of drug-likeness (QED) is 0.776. The lowest BCUT2D eigenvalue weighted by Crippen LogP contribution is -2.26. The third-order valence-electron chi connectivity index (χ3n) is 2.69. The number of hydrogen-bond acceptors (Lipinski definition) is 6. The highest BCUT2D eigenvalue weighted by Crippen LogP contribution is 2.26. The van der Waals surface area contributed by atoms with E-state index in [2.05, 4.69) is 9.82 Å². The highest BCUT2D eigenvalue weighted by Gasteiger charge is 2.17. The number of thiophene rings is 1. The number of hydrogen-bond donors (Lipinski definition) is 1. The minimum absolute atomic E-state index is 0.198. The Morgan fingerprint density at radius 3 is 2.86 bits per heavy atom. The summed E-state index contributed by atoms with van der Waals surface area (Å²) in [7, 11) is -0.499. The Bertz CT molecular complexity index is 780. The molecule has 0 aliphatic heterocycles. The van der Waals surface area contributed by atoms with E-state index in [-0.39, 0.29) is 16.3 Å². The second-order valence-electron chi connectivity index (χ2n) is 4.23. The van der Waals surface area contributed by atoms with E-state index in [1.807, 2.05) is 0 Å². The van der Waals surface area contributed by atoms with Crippen molar-refractivity contribution in [3.05, 3.63) is 33.9 Å². The van der Waals surface area contributed by atoms with Gasteiger partial charge in [-0.2, -0.15) is 5.10 Å². The smallest absolute Gasteiger partial charge is 0.266 e. The van der Waals surface area contributed by atoms with Crippen LogP contribution in [-0.4, -0.2) is 38.5 Å². The molecular formula is C12H15N3O4S2. The van der Waals surface area contributed by atoms with Crippen LogP contribution in [0, 0.1) is 0 Å². The van der Waals surface area contributed by atoms with Gasteiger partial charge in [0.2, 0.25) is 10.0 Å². The predicted octanol–water partition coefficient (Wildman–Crippen LogP) is 0.434. The zero-order valence-corrected chi connectivity index (χ0v) is 13.2. The van der Waals surface area contributed by atoms with Crippen LogP contribution in [0.2, 0.25) is 0 Å². The molecule has 0 saturated heterocycles. The first-order chi connectivity index (χ1) is 9.94. The first-order valence-corrected chi connectivity index (χ1v) is 8.42. The van der Waals surface area contributed by atoms with E-state index in [9.17, 15) is 13.2 Å². The van der Waals surface area contributed by atoms with Crippen molar-refractivity contribution in [2.75, 3.05) is 20.3 Å². The summed E-state index contributed by atoms with van der Waals surface area (Å²) in [6.07, 6.45) is 0. The first-order valence-electron chi connectivity index (χ1n) is 6.06. The predicted molar refractivity (Wildman–Crippen MR) is 79.9 cm³/mol. The molecule has 0 bridgehead atoms. The maximum Gasteiger partial charge on any atom is 0.266 e. The van der Waals surface area contributed by atoms with E-state index in [0.29, 0.717) is 17.9 Å². The molecule has 0 aromatic carbocycles. The Kier molecular flexibility index (Phi) is 4.88. The summed E-state index contributed by atoms with van der Waals surface area (Å²) < 4.78 is 32.7. The molecule has 0 amide bonds. The second kappa shape index (κ2) is 6.48. The van der Waals surface area contributed by atoms with Gasteiger partial charge < -0.3 is 4.74 Å². The topological polar surface area (TPSA) is 90.3 Å². The molecular weight excluding hydrogens is 314 g/mol. The van der Waals surface area contributed by atoms with Crippen molar-refractivity contribution in [3.63, 3.8) is 0 Å². The molecule has 0 saturated carbocycles. The lowest BCUT2D eigenvalue weighted by Gasteiger charge is -2.03. The largest absolute Gasteiger partial charge is 0.383 e. The van der Waals surface area contributed by atoms with Crippen molar-refractivity contribution >= 4 is 21.4 Å². The van der Waals surface area contributed by atoms with Crippen molar-refractivity contribution in [1.82, 2.24) is 14.5 Å². The second-order valence-corrected chi connectivity index (χ2v) is 7.13. The number of sulfonamides is 1. The molecule has 2 rings (SSSR count). The third-order valence-corrected chi connectivity index (χ3v) is 5.60. The molecule has 114 valence electrons. The van der Waals surface area contributed by atoms with Gasteiger partial charge in [-0.1, -0.05) is 0 Å². The monoisotopic (exact) mass is 329 g/mol. The number of rotatable bonds is 6. The molecule has 0 unspecified atom stereocenters. The molecule has 2 aromatic rings. The number of nitrogens with one attached hydrogen (secondary N) is 1. The maximum absolute atomic E-state index is 12.0. The van der Waals surface area contributed by atoms with Gasteiger partial charge in [0.15, 0.2) is 0 Å². The van der Waals surface area contributed by atoms with E-state index in [1.165, 1.54) is 23.9 Å². The van der Waals surface area contributed by atoms with Gasteiger partial charge in [0.25, 0.3) is 5.56 Å². The molecule has 0 spiro atoms. The minimum atomic E-state index is -3.55. The van der Waals surface area contributed by atoms with E-state index in [0.717, 1.165) is 11.3 Å². The summed E-state index contributed by atoms with van der Waals surface area (Å²) in [6.45, 7) is 0.518. The van der Waals surface area contributed by atoms with Crippen LogP contribution in [-0.2, 0) is 21.8 Å². The number of nitrogens with zero attached hydrogens (tertiary/aromatic N) is 2. The Hall–Kier alpha value is -1.55. The average molecular weight is 329 g/mol. The van der Waals surface area contributed by atoms with Crippen LogP contribution < -0.4 is 10.3 Å². The normalized spacial score (nSPS) is 11.7. The van der Waals surface area contributed by atoms with Crippen LogP contribution >= 0.6 is 11.3 Å². The van der Waals surface area contributed by atoms with Gasteiger partial charge in [0.05, 0.1) is 12.3 Å². The summed E-state index contributed by atoms with van der Waals surface area (Å²) >= 11 is 1.10. The van der Waals surface area contributed by atoms with Crippen LogP contribution in [0.1, 0.15) is 0 Å². The molecule has 0 atom stereocenters.